The average Bonchev–Trinajstić information content (AvgIpc) is 2.78. The van der Waals surface area contributed by atoms with Crippen LogP contribution in [0.2, 0.25) is 0 Å². The van der Waals surface area contributed by atoms with Crippen LogP contribution in [-0.4, -0.2) is 26.6 Å². The summed E-state index contributed by atoms with van der Waals surface area (Å²) in [6.07, 6.45) is 0. The Morgan fingerprint density at radius 3 is 2.55 bits per heavy atom. The summed E-state index contributed by atoms with van der Waals surface area (Å²) < 4.78 is 11.4. The number of ether oxygens (including phenoxy) is 2. The van der Waals surface area contributed by atoms with Gasteiger partial charge in [-0.1, -0.05) is 36.4 Å². The highest BCUT2D eigenvalue weighted by Crippen LogP contribution is 2.28. The predicted molar refractivity (Wildman–Crippen MR) is 119 cm³/mol. The van der Waals surface area contributed by atoms with E-state index in [-0.39, 0.29) is 5.91 Å². The van der Waals surface area contributed by atoms with E-state index in [1.165, 1.54) is 0 Å². The van der Waals surface area contributed by atoms with Crippen LogP contribution < -0.4 is 19.7 Å². The lowest BCUT2D eigenvalue weighted by Crippen LogP contribution is -3.08. The van der Waals surface area contributed by atoms with Crippen LogP contribution in [0.3, 0.4) is 0 Å². The van der Waals surface area contributed by atoms with E-state index in [2.05, 4.69) is 11.4 Å². The van der Waals surface area contributed by atoms with Gasteiger partial charge in [0, 0.05) is 11.3 Å². The minimum Gasteiger partial charge on any atom is -0.493 e. The molecule has 1 atom stereocenters. The lowest BCUT2D eigenvalue weighted by Gasteiger charge is -2.16. The summed E-state index contributed by atoms with van der Waals surface area (Å²) >= 11 is 0. The summed E-state index contributed by atoms with van der Waals surface area (Å²) in [5.74, 6) is 1.24. The summed E-state index contributed by atoms with van der Waals surface area (Å²) in [5, 5.41) is 11.8. The molecular weight excluding hydrogens is 390 g/mol. The Labute approximate surface area is 182 Å². The Kier molecular flexibility index (Phi) is 7.63. The molecule has 0 spiro atoms. The first kappa shape index (κ1) is 21.9. The van der Waals surface area contributed by atoms with Crippen molar-refractivity contribution in [3.8, 4) is 17.6 Å². The number of quaternary nitrogens is 1. The van der Waals surface area contributed by atoms with Crippen LogP contribution in [-0.2, 0) is 17.9 Å². The minimum atomic E-state index is -0.109. The Hall–Kier alpha value is -3.82. The molecule has 1 unspecified atom stereocenters. The fourth-order valence-corrected chi connectivity index (χ4v) is 3.23. The molecule has 6 nitrogen and oxygen atoms in total. The number of hydrogen-bond donors (Lipinski definition) is 2. The highest BCUT2D eigenvalue weighted by molar-refractivity contribution is 5.91. The molecule has 0 aromatic heterocycles. The monoisotopic (exact) mass is 416 g/mol. The van der Waals surface area contributed by atoms with Gasteiger partial charge in [0.1, 0.15) is 13.2 Å². The van der Waals surface area contributed by atoms with Gasteiger partial charge in [0.15, 0.2) is 18.0 Å². The second-order valence-corrected chi connectivity index (χ2v) is 7.31. The third-order valence-corrected chi connectivity index (χ3v) is 4.71. The third-order valence-electron chi connectivity index (χ3n) is 4.71. The van der Waals surface area contributed by atoms with Crippen molar-refractivity contribution in [3.05, 3.63) is 89.5 Å². The highest BCUT2D eigenvalue weighted by atomic mass is 16.5. The lowest BCUT2D eigenvalue weighted by atomic mass is 10.2. The predicted octanol–water partition coefficient (Wildman–Crippen LogP) is 2.80. The van der Waals surface area contributed by atoms with Gasteiger partial charge in [-0.3, -0.25) is 4.79 Å². The largest absolute Gasteiger partial charge is 0.493 e. The van der Waals surface area contributed by atoms with Crippen molar-refractivity contribution < 1.29 is 19.2 Å². The molecule has 6 heteroatoms. The van der Waals surface area contributed by atoms with Gasteiger partial charge in [0.25, 0.3) is 5.91 Å². The number of hydrogen-bond acceptors (Lipinski definition) is 4. The number of rotatable bonds is 9. The molecule has 2 N–H and O–H groups in total. The molecule has 0 aliphatic rings. The van der Waals surface area contributed by atoms with Gasteiger partial charge in [-0.2, -0.15) is 5.26 Å². The Morgan fingerprint density at radius 1 is 1.00 bits per heavy atom. The smallest absolute Gasteiger partial charge is 0.279 e. The minimum absolute atomic E-state index is 0.109. The molecule has 158 valence electrons. The summed E-state index contributed by atoms with van der Waals surface area (Å²) in [6.45, 7) is 1.42. The molecule has 3 aromatic carbocycles. The number of carbonyl (C=O) groups is 1. The Morgan fingerprint density at radius 2 is 1.81 bits per heavy atom. The highest BCUT2D eigenvalue weighted by Gasteiger charge is 2.13. The maximum absolute atomic E-state index is 12.4. The van der Waals surface area contributed by atoms with E-state index in [0.29, 0.717) is 42.4 Å². The average molecular weight is 417 g/mol. The quantitative estimate of drug-likeness (QED) is 0.563. The van der Waals surface area contributed by atoms with Crippen molar-refractivity contribution >= 4 is 11.6 Å². The first-order valence-corrected chi connectivity index (χ1v) is 10.0. The van der Waals surface area contributed by atoms with Crippen LogP contribution in [0.1, 0.15) is 16.7 Å². The molecule has 3 aromatic rings. The molecule has 0 bridgehead atoms. The van der Waals surface area contributed by atoms with Gasteiger partial charge in [0.2, 0.25) is 0 Å². The van der Waals surface area contributed by atoms with E-state index in [1.54, 1.807) is 31.4 Å². The van der Waals surface area contributed by atoms with Gasteiger partial charge in [0.05, 0.1) is 25.8 Å². The van der Waals surface area contributed by atoms with Crippen LogP contribution >= 0.6 is 0 Å². The van der Waals surface area contributed by atoms with Gasteiger partial charge in [-0.25, -0.2) is 0 Å². The number of anilines is 1. The van der Waals surface area contributed by atoms with E-state index in [1.807, 2.05) is 55.6 Å². The molecule has 31 heavy (non-hydrogen) atoms. The van der Waals surface area contributed by atoms with Crippen molar-refractivity contribution in [1.29, 1.82) is 5.26 Å². The lowest BCUT2D eigenvalue weighted by molar-refractivity contribution is -0.885. The van der Waals surface area contributed by atoms with Gasteiger partial charge in [-0.05, 0) is 42.0 Å². The van der Waals surface area contributed by atoms with Gasteiger partial charge in [-0.15, -0.1) is 0 Å². The van der Waals surface area contributed by atoms with Crippen LogP contribution in [0, 0.1) is 11.3 Å². The molecule has 0 aliphatic carbocycles. The molecule has 0 saturated carbocycles. The SMILES string of the molecule is COc1cc(C[NH+](C)CC(=O)Nc2cccc(C#N)c2)ccc1OCc1ccccc1. The van der Waals surface area contributed by atoms with E-state index in [9.17, 15) is 4.79 Å². The van der Waals surface area contributed by atoms with Crippen molar-refractivity contribution in [2.24, 2.45) is 0 Å². The maximum atomic E-state index is 12.4. The number of nitrogens with one attached hydrogen (secondary N) is 2. The number of methoxy groups -OCH3 is 1. The number of nitrogens with zero attached hydrogens (tertiary/aromatic N) is 1. The molecule has 1 amide bonds. The first-order valence-electron chi connectivity index (χ1n) is 10.0. The summed E-state index contributed by atoms with van der Waals surface area (Å²) in [7, 11) is 3.57. The molecular formula is C25H26N3O3+. The van der Waals surface area contributed by atoms with Crippen LogP contribution in [0.25, 0.3) is 0 Å². The number of carbonyl (C=O) groups excluding carboxylic acids is 1. The van der Waals surface area contributed by atoms with E-state index in [0.717, 1.165) is 16.0 Å². The number of amides is 1. The van der Waals surface area contributed by atoms with Crippen LogP contribution in [0.15, 0.2) is 72.8 Å². The van der Waals surface area contributed by atoms with Crippen molar-refractivity contribution in [3.63, 3.8) is 0 Å². The molecule has 0 saturated heterocycles. The summed E-state index contributed by atoms with van der Waals surface area (Å²) in [6, 6.07) is 24.7. The van der Waals surface area contributed by atoms with Gasteiger partial charge < -0.3 is 19.7 Å². The van der Waals surface area contributed by atoms with Crippen LogP contribution in [0.4, 0.5) is 5.69 Å². The number of nitriles is 1. The number of benzene rings is 3. The zero-order chi connectivity index (χ0) is 22.1. The van der Waals surface area contributed by atoms with Crippen LogP contribution in [0.5, 0.6) is 11.5 Å². The van der Waals surface area contributed by atoms with Crippen molar-refractivity contribution in [2.45, 2.75) is 13.2 Å². The molecule has 0 aliphatic heterocycles. The molecule has 0 heterocycles. The summed E-state index contributed by atoms with van der Waals surface area (Å²) in [5.41, 5.74) is 3.27. The topological polar surface area (TPSA) is 75.8 Å². The van der Waals surface area contributed by atoms with Crippen molar-refractivity contribution in [2.75, 3.05) is 26.0 Å². The van der Waals surface area contributed by atoms with E-state index >= 15 is 0 Å². The molecule has 0 fully saturated rings. The second-order valence-electron chi connectivity index (χ2n) is 7.31. The normalized spacial score (nSPS) is 11.3. The fraction of sp³-hybridized carbons (Fsp3) is 0.200. The zero-order valence-corrected chi connectivity index (χ0v) is 17.7. The third kappa shape index (κ3) is 6.59. The second kappa shape index (κ2) is 10.8. The molecule has 0 radical (unpaired) electrons. The standard InChI is InChI=1S/C25H25N3O3/c1-28(17-25(29)27-22-10-6-9-20(13-22)15-26)16-21-11-12-23(24(14-21)30-2)31-18-19-7-4-3-5-8-19/h3-14H,16-18H2,1-2H3,(H,27,29)/p+1. The van der Waals surface area contributed by atoms with Gasteiger partial charge >= 0.3 is 0 Å². The van der Waals surface area contributed by atoms with Crippen molar-refractivity contribution in [1.82, 2.24) is 0 Å². The Bertz CT molecular complexity index is 1060. The van der Waals surface area contributed by atoms with E-state index < -0.39 is 0 Å². The Balaban J connectivity index is 1.56. The fourth-order valence-electron chi connectivity index (χ4n) is 3.23. The number of likely N-dealkylation sites (N-methyl/N-ethyl adjacent to an activating group) is 1. The summed E-state index contributed by atoms with van der Waals surface area (Å²) in [4.78, 5) is 13.4. The zero-order valence-electron chi connectivity index (χ0n) is 17.7. The molecule has 3 rings (SSSR count). The van der Waals surface area contributed by atoms with E-state index in [4.69, 9.17) is 14.7 Å². The first-order chi connectivity index (χ1) is 15.1. The maximum Gasteiger partial charge on any atom is 0.279 e.